The molecule has 32 heavy (non-hydrogen) atoms. The van der Waals surface area contributed by atoms with Gasteiger partial charge in [0.1, 0.15) is 19.0 Å². The highest BCUT2D eigenvalue weighted by molar-refractivity contribution is 7.89. The second-order valence-corrected chi connectivity index (χ2v) is 9.63. The predicted octanol–water partition coefficient (Wildman–Crippen LogP) is 2.39. The number of rotatable bonds is 7. The average molecular weight is 461 g/mol. The van der Waals surface area contributed by atoms with Gasteiger partial charge in [0, 0.05) is 33.1 Å². The largest absolute Gasteiger partial charge is 0.490 e. The molecule has 1 amide bonds. The zero-order valence-corrected chi connectivity index (χ0v) is 19.4. The van der Waals surface area contributed by atoms with Crippen molar-refractivity contribution in [2.45, 2.75) is 25.7 Å². The third-order valence-corrected chi connectivity index (χ3v) is 7.20. The maximum absolute atomic E-state index is 13.0. The van der Waals surface area contributed by atoms with Crippen LogP contribution in [0.1, 0.15) is 28.4 Å². The molecule has 0 aromatic heterocycles. The number of aryl methyl sites for hydroxylation is 2. The van der Waals surface area contributed by atoms with Gasteiger partial charge in [0.05, 0.1) is 10.5 Å². The van der Waals surface area contributed by atoms with Crippen molar-refractivity contribution in [3.63, 3.8) is 0 Å². The van der Waals surface area contributed by atoms with Gasteiger partial charge in [-0.05, 0) is 49.2 Å². The molecule has 0 atom stereocenters. The van der Waals surface area contributed by atoms with E-state index >= 15 is 0 Å². The van der Waals surface area contributed by atoms with Crippen molar-refractivity contribution >= 4 is 21.9 Å². The Bertz CT molecular complexity index is 1090. The Morgan fingerprint density at radius 1 is 0.969 bits per heavy atom. The van der Waals surface area contributed by atoms with Crippen molar-refractivity contribution in [3.8, 4) is 5.75 Å². The number of piperazine rings is 1. The Hall–Kier alpha value is -2.91. The SMILES string of the molecule is CC(=O)N1CCN(S(=O)(=O)c2cccc(C(=O)OCCOc3cc(C)ccc3C)c2)CC1. The fraction of sp³-hybridized carbons (Fsp3) is 0.391. The molecule has 0 unspecified atom stereocenters. The Morgan fingerprint density at radius 3 is 2.38 bits per heavy atom. The maximum atomic E-state index is 13.0. The van der Waals surface area contributed by atoms with E-state index in [4.69, 9.17) is 9.47 Å². The molecule has 1 aliphatic rings. The van der Waals surface area contributed by atoms with Crippen LogP contribution in [0.3, 0.4) is 0 Å². The number of nitrogens with zero attached hydrogens (tertiary/aromatic N) is 2. The summed E-state index contributed by atoms with van der Waals surface area (Å²) in [6.45, 7) is 6.71. The number of hydrogen-bond acceptors (Lipinski definition) is 6. The number of amides is 1. The van der Waals surface area contributed by atoms with E-state index in [2.05, 4.69) is 0 Å². The maximum Gasteiger partial charge on any atom is 0.338 e. The van der Waals surface area contributed by atoms with Crippen molar-refractivity contribution in [2.75, 3.05) is 39.4 Å². The van der Waals surface area contributed by atoms with Crippen molar-refractivity contribution in [1.82, 2.24) is 9.21 Å². The fourth-order valence-electron chi connectivity index (χ4n) is 3.41. The van der Waals surface area contributed by atoms with E-state index in [9.17, 15) is 18.0 Å². The third kappa shape index (κ3) is 5.66. The summed E-state index contributed by atoms with van der Waals surface area (Å²) in [5.74, 6) is 0.0420. The number of carbonyl (C=O) groups is 2. The van der Waals surface area contributed by atoms with Gasteiger partial charge in [-0.15, -0.1) is 0 Å². The molecule has 0 bridgehead atoms. The van der Waals surface area contributed by atoms with Gasteiger partial charge >= 0.3 is 5.97 Å². The molecular weight excluding hydrogens is 432 g/mol. The molecular formula is C23H28N2O6S. The van der Waals surface area contributed by atoms with Crippen LogP contribution in [0.4, 0.5) is 0 Å². The van der Waals surface area contributed by atoms with Crippen molar-refractivity contribution in [2.24, 2.45) is 0 Å². The highest BCUT2D eigenvalue weighted by atomic mass is 32.2. The highest BCUT2D eigenvalue weighted by Gasteiger charge is 2.29. The first kappa shape index (κ1) is 23.7. The van der Waals surface area contributed by atoms with Crippen LogP contribution in [0.25, 0.3) is 0 Å². The normalized spacial score (nSPS) is 14.8. The number of carbonyl (C=O) groups excluding carboxylic acids is 2. The molecule has 0 aliphatic carbocycles. The van der Waals surface area contributed by atoms with Crippen LogP contribution in [-0.2, 0) is 19.6 Å². The first-order valence-electron chi connectivity index (χ1n) is 10.4. The summed E-state index contributed by atoms with van der Waals surface area (Å²) in [6, 6.07) is 11.7. The third-order valence-electron chi connectivity index (χ3n) is 5.31. The van der Waals surface area contributed by atoms with E-state index in [-0.39, 0.29) is 42.7 Å². The molecule has 3 rings (SSSR count). The van der Waals surface area contributed by atoms with Gasteiger partial charge in [-0.25, -0.2) is 13.2 Å². The van der Waals surface area contributed by atoms with Crippen LogP contribution in [0.15, 0.2) is 47.4 Å². The number of esters is 1. The van der Waals surface area contributed by atoms with Crippen LogP contribution >= 0.6 is 0 Å². The molecule has 2 aromatic rings. The van der Waals surface area contributed by atoms with Crippen LogP contribution in [0.5, 0.6) is 5.75 Å². The monoisotopic (exact) mass is 460 g/mol. The molecule has 0 radical (unpaired) electrons. The van der Waals surface area contributed by atoms with E-state index in [0.717, 1.165) is 16.9 Å². The Morgan fingerprint density at radius 2 is 1.69 bits per heavy atom. The lowest BCUT2D eigenvalue weighted by Crippen LogP contribution is -2.49. The van der Waals surface area contributed by atoms with E-state index < -0.39 is 16.0 Å². The van der Waals surface area contributed by atoms with Gasteiger partial charge < -0.3 is 14.4 Å². The summed E-state index contributed by atoms with van der Waals surface area (Å²) in [4.78, 5) is 25.5. The first-order chi connectivity index (χ1) is 15.2. The summed E-state index contributed by atoms with van der Waals surface area (Å²) in [5, 5.41) is 0. The molecule has 0 saturated carbocycles. The lowest BCUT2D eigenvalue weighted by molar-refractivity contribution is -0.129. The second kappa shape index (κ2) is 10.1. The van der Waals surface area contributed by atoms with Crippen LogP contribution in [0.2, 0.25) is 0 Å². The Kier molecular flexibility index (Phi) is 7.52. The van der Waals surface area contributed by atoms with Gasteiger partial charge in [-0.2, -0.15) is 4.31 Å². The lowest BCUT2D eigenvalue weighted by Gasteiger charge is -2.33. The molecule has 0 N–H and O–H groups in total. The van der Waals surface area contributed by atoms with Gasteiger partial charge in [-0.3, -0.25) is 4.79 Å². The summed E-state index contributed by atoms with van der Waals surface area (Å²) in [7, 11) is -3.77. The van der Waals surface area contributed by atoms with Crippen molar-refractivity contribution in [1.29, 1.82) is 0 Å². The molecule has 1 saturated heterocycles. The average Bonchev–Trinajstić information content (AvgIpc) is 2.78. The molecule has 0 spiro atoms. The summed E-state index contributed by atoms with van der Waals surface area (Å²) >= 11 is 0. The molecule has 1 fully saturated rings. The molecule has 2 aromatic carbocycles. The summed E-state index contributed by atoms with van der Waals surface area (Å²) in [6.07, 6.45) is 0. The minimum atomic E-state index is -3.77. The predicted molar refractivity (Wildman–Crippen MR) is 119 cm³/mol. The molecule has 1 aliphatic heterocycles. The van der Waals surface area contributed by atoms with Gasteiger partial charge in [0.25, 0.3) is 0 Å². The first-order valence-corrected chi connectivity index (χ1v) is 11.9. The smallest absolute Gasteiger partial charge is 0.338 e. The van der Waals surface area contributed by atoms with Crippen LogP contribution in [0, 0.1) is 13.8 Å². The van der Waals surface area contributed by atoms with Crippen molar-refractivity contribution < 1.29 is 27.5 Å². The zero-order valence-electron chi connectivity index (χ0n) is 18.5. The van der Waals surface area contributed by atoms with Gasteiger partial charge in [-0.1, -0.05) is 18.2 Å². The molecule has 172 valence electrons. The quantitative estimate of drug-likeness (QED) is 0.465. The van der Waals surface area contributed by atoms with Crippen LogP contribution in [-0.4, -0.2) is 68.9 Å². The number of sulfonamides is 1. The standard InChI is InChI=1S/C23H28N2O6S/c1-17-7-8-18(2)22(15-17)30-13-14-31-23(27)20-5-4-6-21(16-20)32(28,29)25-11-9-24(10-12-25)19(3)26/h4-8,15-16H,9-14H2,1-3H3. The number of benzene rings is 2. The molecule has 9 heteroatoms. The van der Waals surface area contributed by atoms with E-state index in [0.29, 0.717) is 13.1 Å². The zero-order chi connectivity index (χ0) is 23.3. The second-order valence-electron chi connectivity index (χ2n) is 7.69. The molecule has 1 heterocycles. The minimum Gasteiger partial charge on any atom is -0.490 e. The van der Waals surface area contributed by atoms with E-state index in [1.54, 1.807) is 4.90 Å². The highest BCUT2D eigenvalue weighted by Crippen LogP contribution is 2.20. The Balaban J connectivity index is 1.58. The summed E-state index contributed by atoms with van der Waals surface area (Å²) < 4.78 is 38.2. The van der Waals surface area contributed by atoms with Gasteiger partial charge in [0.15, 0.2) is 0 Å². The van der Waals surface area contributed by atoms with E-state index in [1.807, 2.05) is 32.0 Å². The molecule has 8 nitrogen and oxygen atoms in total. The van der Waals surface area contributed by atoms with Crippen LogP contribution < -0.4 is 4.74 Å². The fourth-order valence-corrected chi connectivity index (χ4v) is 4.88. The topological polar surface area (TPSA) is 93.2 Å². The van der Waals surface area contributed by atoms with Gasteiger partial charge in [0.2, 0.25) is 15.9 Å². The van der Waals surface area contributed by atoms with E-state index in [1.165, 1.54) is 35.5 Å². The van der Waals surface area contributed by atoms with Crippen molar-refractivity contribution in [3.05, 3.63) is 59.2 Å². The number of ether oxygens (including phenoxy) is 2. The minimum absolute atomic E-state index is 0.0230. The lowest BCUT2D eigenvalue weighted by atomic mass is 10.1. The Labute approximate surface area is 188 Å². The summed E-state index contributed by atoms with van der Waals surface area (Å²) in [5.41, 5.74) is 2.22. The number of hydrogen-bond donors (Lipinski definition) is 0.